The predicted molar refractivity (Wildman–Crippen MR) is 144 cm³/mol. The van der Waals surface area contributed by atoms with E-state index in [9.17, 15) is 4.79 Å². The monoisotopic (exact) mass is 536 g/mol. The van der Waals surface area contributed by atoms with Crippen LogP contribution in [0.3, 0.4) is 0 Å². The zero-order valence-corrected chi connectivity index (χ0v) is 24.8. The van der Waals surface area contributed by atoms with Gasteiger partial charge in [0, 0.05) is 0 Å². The Morgan fingerprint density at radius 1 is 0.730 bits per heavy atom. The molecule has 0 aliphatic rings. The van der Waals surface area contributed by atoms with Gasteiger partial charge in [-0.2, -0.15) is 0 Å². The number of ether oxygens (including phenoxy) is 7. The minimum absolute atomic E-state index is 0.0410. The van der Waals surface area contributed by atoms with Crippen LogP contribution in [0.25, 0.3) is 0 Å². The van der Waals surface area contributed by atoms with E-state index < -0.39 is 20.4 Å². The Labute approximate surface area is 221 Å². The number of benzene rings is 2. The molecule has 2 rings (SSSR count). The number of rotatable bonds is 12. The van der Waals surface area contributed by atoms with Crippen LogP contribution in [0, 0.1) is 0 Å². The maximum atomic E-state index is 13.1. The van der Waals surface area contributed by atoms with E-state index in [0.717, 1.165) is 5.56 Å². The Bertz CT molecular complexity index is 1030. The van der Waals surface area contributed by atoms with E-state index in [0.29, 0.717) is 34.5 Å². The first-order valence-corrected chi connectivity index (χ1v) is 14.7. The molecule has 1 unspecified atom stereocenters. The third-order valence-electron chi connectivity index (χ3n) is 6.57. The van der Waals surface area contributed by atoms with Gasteiger partial charge in [0.25, 0.3) is 0 Å². The highest BCUT2D eigenvalue weighted by Gasteiger charge is 2.40. The van der Waals surface area contributed by atoms with Gasteiger partial charge in [-0.25, -0.2) is 4.79 Å². The van der Waals surface area contributed by atoms with E-state index in [1.54, 1.807) is 33.5 Å². The largest absolute Gasteiger partial charge is 0.493 e. The maximum absolute atomic E-state index is 13.1. The lowest BCUT2D eigenvalue weighted by atomic mass is 10.1. The molecule has 0 saturated carbocycles. The van der Waals surface area contributed by atoms with Crippen LogP contribution >= 0.6 is 0 Å². The highest BCUT2D eigenvalue weighted by Crippen LogP contribution is 2.44. The lowest BCUT2D eigenvalue weighted by Crippen LogP contribution is -2.42. The average molecular weight is 537 g/mol. The van der Waals surface area contributed by atoms with Crippen LogP contribution in [0.5, 0.6) is 34.5 Å². The molecule has 0 fully saturated rings. The number of carbonyl (C=O) groups is 1. The lowest BCUT2D eigenvalue weighted by molar-refractivity contribution is 0.0280. The van der Waals surface area contributed by atoms with Gasteiger partial charge in [-0.05, 0) is 48.0 Å². The molecule has 0 aromatic heterocycles. The second-order valence-corrected chi connectivity index (χ2v) is 14.6. The van der Waals surface area contributed by atoms with E-state index in [2.05, 4.69) is 33.9 Å². The van der Waals surface area contributed by atoms with Crippen molar-refractivity contribution in [3.8, 4) is 34.5 Å². The van der Waals surface area contributed by atoms with Gasteiger partial charge < -0.3 is 37.6 Å². The van der Waals surface area contributed by atoms with Crippen molar-refractivity contribution in [1.29, 1.82) is 0 Å². The standard InChI is InChI=1S/C27H40O9Si/c1-27(2,3)37(10,11)36-23(17-12-19(29-4)24(33-8)20(13-17)30-5)16-35-26(28)18-14-21(31-6)25(34-9)22(15-18)32-7/h12-15,23H,16H2,1-11H3. The summed E-state index contributed by atoms with van der Waals surface area (Å²) < 4.78 is 45.1. The number of methoxy groups -OCH3 is 6. The first kappa shape index (κ1) is 30.1. The highest BCUT2D eigenvalue weighted by atomic mass is 28.4. The summed E-state index contributed by atoms with van der Waals surface area (Å²) in [5.74, 6) is 1.97. The van der Waals surface area contributed by atoms with Crippen LogP contribution in [0.15, 0.2) is 24.3 Å². The fourth-order valence-electron chi connectivity index (χ4n) is 3.45. The summed E-state index contributed by atoms with van der Waals surface area (Å²) in [7, 11) is 6.84. The highest BCUT2D eigenvalue weighted by molar-refractivity contribution is 6.74. The van der Waals surface area contributed by atoms with Gasteiger partial charge in [0.1, 0.15) is 12.7 Å². The molecule has 0 heterocycles. The van der Waals surface area contributed by atoms with Crippen molar-refractivity contribution in [2.24, 2.45) is 0 Å². The van der Waals surface area contributed by atoms with Gasteiger partial charge in [-0.1, -0.05) is 20.8 Å². The third kappa shape index (κ3) is 6.81. The summed E-state index contributed by atoms with van der Waals surface area (Å²) in [6, 6.07) is 6.72. The van der Waals surface area contributed by atoms with E-state index >= 15 is 0 Å². The van der Waals surface area contributed by atoms with Crippen molar-refractivity contribution in [1.82, 2.24) is 0 Å². The maximum Gasteiger partial charge on any atom is 0.338 e. The average Bonchev–Trinajstić information content (AvgIpc) is 2.87. The van der Waals surface area contributed by atoms with Crippen molar-refractivity contribution in [3.05, 3.63) is 35.4 Å². The number of esters is 1. The molecule has 9 nitrogen and oxygen atoms in total. The van der Waals surface area contributed by atoms with Crippen LogP contribution in [-0.2, 0) is 9.16 Å². The minimum atomic E-state index is -2.28. The fraction of sp³-hybridized carbons (Fsp3) is 0.519. The molecule has 0 amide bonds. The molecule has 2 aromatic rings. The summed E-state index contributed by atoms with van der Waals surface area (Å²) in [4.78, 5) is 13.1. The summed E-state index contributed by atoms with van der Waals surface area (Å²) in [6.45, 7) is 10.7. The summed E-state index contributed by atoms with van der Waals surface area (Å²) in [6.07, 6.45) is -0.583. The lowest BCUT2D eigenvalue weighted by Gasteiger charge is -2.39. The quantitative estimate of drug-likeness (QED) is 0.252. The molecule has 0 aliphatic carbocycles. The zero-order valence-electron chi connectivity index (χ0n) is 23.8. The molecule has 10 heteroatoms. The molecule has 0 radical (unpaired) electrons. The molecule has 2 aromatic carbocycles. The van der Waals surface area contributed by atoms with Gasteiger partial charge in [0.2, 0.25) is 11.5 Å². The summed E-state index contributed by atoms with van der Waals surface area (Å²) in [5.41, 5.74) is 0.988. The first-order chi connectivity index (χ1) is 17.4. The molecule has 0 N–H and O–H groups in total. The van der Waals surface area contributed by atoms with Crippen LogP contribution < -0.4 is 28.4 Å². The Kier molecular flexibility index (Phi) is 10.1. The number of hydrogen-bond donors (Lipinski definition) is 0. The minimum Gasteiger partial charge on any atom is -0.493 e. The van der Waals surface area contributed by atoms with Gasteiger partial charge in [-0.15, -0.1) is 0 Å². The van der Waals surface area contributed by atoms with Gasteiger partial charge in [0.05, 0.1) is 48.2 Å². The molecule has 0 spiro atoms. The van der Waals surface area contributed by atoms with E-state index in [4.69, 9.17) is 37.6 Å². The molecule has 37 heavy (non-hydrogen) atoms. The van der Waals surface area contributed by atoms with Gasteiger partial charge in [0.15, 0.2) is 31.3 Å². The third-order valence-corrected chi connectivity index (χ3v) is 11.1. The molecule has 0 aliphatic heterocycles. The number of hydrogen-bond acceptors (Lipinski definition) is 9. The Hall–Kier alpha value is -3.11. The van der Waals surface area contributed by atoms with Crippen molar-refractivity contribution in [2.45, 2.75) is 45.0 Å². The Morgan fingerprint density at radius 2 is 1.14 bits per heavy atom. The number of carbonyl (C=O) groups excluding carboxylic acids is 1. The normalized spacial score (nSPS) is 12.4. The fourth-order valence-corrected chi connectivity index (χ4v) is 4.72. The zero-order chi connectivity index (χ0) is 28.0. The van der Waals surface area contributed by atoms with Crippen molar-refractivity contribution in [3.63, 3.8) is 0 Å². The first-order valence-electron chi connectivity index (χ1n) is 11.8. The van der Waals surface area contributed by atoms with Crippen LogP contribution in [0.2, 0.25) is 18.1 Å². The topological polar surface area (TPSA) is 90.9 Å². The van der Waals surface area contributed by atoms with Crippen LogP contribution in [-0.4, -0.2) is 63.6 Å². The molecule has 1 atom stereocenters. The van der Waals surface area contributed by atoms with E-state index in [1.165, 1.54) is 21.3 Å². The van der Waals surface area contributed by atoms with Crippen molar-refractivity contribution >= 4 is 14.3 Å². The van der Waals surface area contributed by atoms with Gasteiger partial charge >= 0.3 is 5.97 Å². The van der Waals surface area contributed by atoms with Crippen LogP contribution in [0.1, 0.15) is 42.8 Å². The SMILES string of the molecule is COc1cc(C(=O)OCC(O[Si](C)(C)C(C)(C)C)c2cc(OC)c(OC)c(OC)c2)cc(OC)c1OC. The van der Waals surface area contributed by atoms with Gasteiger partial charge in [-0.3, -0.25) is 0 Å². The molecule has 0 bridgehead atoms. The Morgan fingerprint density at radius 3 is 1.49 bits per heavy atom. The van der Waals surface area contributed by atoms with E-state index in [1.807, 2.05) is 12.1 Å². The second-order valence-electron chi connectivity index (χ2n) is 9.84. The van der Waals surface area contributed by atoms with Crippen molar-refractivity contribution in [2.75, 3.05) is 49.3 Å². The Balaban J connectivity index is 2.47. The molecule has 206 valence electrons. The van der Waals surface area contributed by atoms with Crippen molar-refractivity contribution < 1.29 is 42.4 Å². The predicted octanol–water partition coefficient (Wildman–Crippen LogP) is 5.66. The molecular formula is C27H40O9Si. The second kappa shape index (κ2) is 12.4. The molecular weight excluding hydrogens is 496 g/mol. The smallest absolute Gasteiger partial charge is 0.338 e. The van der Waals surface area contributed by atoms with Crippen LogP contribution in [0.4, 0.5) is 0 Å². The molecule has 0 saturated heterocycles. The summed E-state index contributed by atoms with van der Waals surface area (Å²) >= 11 is 0. The summed E-state index contributed by atoms with van der Waals surface area (Å²) in [5, 5.41) is -0.0768. The van der Waals surface area contributed by atoms with E-state index in [-0.39, 0.29) is 17.2 Å².